The number of pyridine rings is 1. The van der Waals surface area contributed by atoms with Crippen molar-refractivity contribution in [3.8, 4) is 5.75 Å². The van der Waals surface area contributed by atoms with Crippen molar-refractivity contribution in [1.29, 1.82) is 0 Å². The van der Waals surface area contributed by atoms with Crippen molar-refractivity contribution in [1.82, 2.24) is 20.2 Å². The van der Waals surface area contributed by atoms with Gasteiger partial charge in [0.25, 0.3) is 0 Å². The quantitative estimate of drug-likeness (QED) is 0.320. The number of aromatic amines is 1. The highest BCUT2D eigenvalue weighted by Crippen LogP contribution is 2.35. The Morgan fingerprint density at radius 1 is 1.19 bits per heavy atom. The lowest BCUT2D eigenvalue weighted by atomic mass is 9.96. The molecular weight excluding hydrogens is 463 g/mol. The zero-order valence-electron chi connectivity index (χ0n) is 20.2. The van der Waals surface area contributed by atoms with Gasteiger partial charge >= 0.3 is 11.8 Å². The van der Waals surface area contributed by atoms with E-state index in [0.717, 1.165) is 44.3 Å². The van der Waals surface area contributed by atoms with Crippen LogP contribution < -0.4 is 10.1 Å². The van der Waals surface area contributed by atoms with Crippen molar-refractivity contribution in [2.45, 2.75) is 19.4 Å². The predicted octanol–water partition coefficient (Wildman–Crippen LogP) is 3.10. The van der Waals surface area contributed by atoms with Crippen LogP contribution in [-0.4, -0.2) is 60.6 Å². The van der Waals surface area contributed by atoms with Gasteiger partial charge in [-0.05, 0) is 35.7 Å². The minimum absolute atomic E-state index is 0.186. The summed E-state index contributed by atoms with van der Waals surface area (Å²) in [5, 5.41) is 4.73. The van der Waals surface area contributed by atoms with Crippen LogP contribution in [0.5, 0.6) is 5.75 Å². The standard InChI is InChI=1S/C27H27FN4O4/c1-35-12-10-29-26(33)27(34)32-11-9-18-22(15-32)30-21(14-16-7-8-23(36-2)19(28)13-16)25-24(18)17-5-3-4-6-20(17)31-25/h3-8,13,31H,9-12,14-15H2,1-2H3,(H,29,33). The molecule has 5 rings (SSSR count). The Kier molecular flexibility index (Phi) is 6.56. The van der Waals surface area contributed by atoms with E-state index < -0.39 is 17.6 Å². The molecule has 3 heterocycles. The third-order valence-electron chi connectivity index (χ3n) is 6.55. The Hall–Kier alpha value is -3.98. The van der Waals surface area contributed by atoms with Crippen molar-refractivity contribution in [3.63, 3.8) is 0 Å². The molecule has 2 aromatic heterocycles. The Morgan fingerprint density at radius 3 is 2.81 bits per heavy atom. The molecule has 0 bridgehead atoms. The number of carbonyl (C=O) groups is 2. The molecule has 0 radical (unpaired) electrons. The third-order valence-corrected chi connectivity index (χ3v) is 6.55. The van der Waals surface area contributed by atoms with Crippen LogP contribution in [0.15, 0.2) is 42.5 Å². The molecule has 1 aliphatic heterocycles. The lowest BCUT2D eigenvalue weighted by Gasteiger charge is -2.28. The van der Waals surface area contributed by atoms with Crippen molar-refractivity contribution >= 4 is 33.6 Å². The summed E-state index contributed by atoms with van der Waals surface area (Å²) in [6.07, 6.45) is 0.970. The average Bonchev–Trinajstić information content (AvgIpc) is 3.28. The highest BCUT2D eigenvalue weighted by molar-refractivity contribution is 6.35. The first-order valence-electron chi connectivity index (χ1n) is 11.8. The van der Waals surface area contributed by atoms with E-state index in [1.165, 1.54) is 25.2 Å². The highest BCUT2D eigenvalue weighted by Gasteiger charge is 2.29. The van der Waals surface area contributed by atoms with E-state index in [4.69, 9.17) is 14.5 Å². The summed E-state index contributed by atoms with van der Waals surface area (Å²) in [6, 6.07) is 12.9. The van der Waals surface area contributed by atoms with Crippen LogP contribution in [-0.2, 0) is 33.7 Å². The molecule has 0 saturated heterocycles. The molecule has 186 valence electrons. The molecule has 0 aliphatic carbocycles. The van der Waals surface area contributed by atoms with Gasteiger partial charge in [-0.1, -0.05) is 24.3 Å². The van der Waals surface area contributed by atoms with E-state index in [0.29, 0.717) is 26.0 Å². The van der Waals surface area contributed by atoms with E-state index in [1.807, 2.05) is 24.3 Å². The number of ether oxygens (including phenoxy) is 2. The molecule has 0 spiro atoms. The molecule has 0 atom stereocenters. The normalized spacial score (nSPS) is 13.1. The molecule has 0 saturated carbocycles. The summed E-state index contributed by atoms with van der Waals surface area (Å²) >= 11 is 0. The minimum Gasteiger partial charge on any atom is -0.494 e. The lowest BCUT2D eigenvalue weighted by Crippen LogP contribution is -2.46. The Morgan fingerprint density at radius 2 is 2.03 bits per heavy atom. The fraction of sp³-hybridized carbons (Fsp3) is 0.296. The SMILES string of the molecule is COCCNC(=O)C(=O)N1CCc2c(nc(Cc3ccc(OC)c(F)c3)c3[nH]c4ccccc4c23)C1. The van der Waals surface area contributed by atoms with Crippen LogP contribution in [0, 0.1) is 5.82 Å². The number of methoxy groups -OCH3 is 2. The fourth-order valence-corrected chi connectivity index (χ4v) is 4.81. The molecule has 36 heavy (non-hydrogen) atoms. The molecule has 0 fully saturated rings. The maximum Gasteiger partial charge on any atom is 0.312 e. The summed E-state index contributed by atoms with van der Waals surface area (Å²) in [5.41, 5.74) is 5.21. The van der Waals surface area contributed by atoms with Gasteiger partial charge < -0.3 is 24.7 Å². The second-order valence-corrected chi connectivity index (χ2v) is 8.78. The number of nitrogens with one attached hydrogen (secondary N) is 2. The van der Waals surface area contributed by atoms with Crippen LogP contribution in [0.4, 0.5) is 4.39 Å². The number of rotatable bonds is 6. The largest absolute Gasteiger partial charge is 0.494 e. The number of hydrogen-bond donors (Lipinski definition) is 2. The number of H-pyrrole nitrogens is 1. The number of carbonyl (C=O) groups excluding carboxylic acids is 2. The molecule has 2 aromatic carbocycles. The van der Waals surface area contributed by atoms with Crippen molar-refractivity contribution in [2.24, 2.45) is 0 Å². The lowest BCUT2D eigenvalue weighted by molar-refractivity contribution is -0.146. The number of benzene rings is 2. The molecule has 2 N–H and O–H groups in total. The van der Waals surface area contributed by atoms with Gasteiger partial charge in [0.05, 0.1) is 37.2 Å². The summed E-state index contributed by atoms with van der Waals surface area (Å²) in [7, 11) is 2.96. The van der Waals surface area contributed by atoms with E-state index in [9.17, 15) is 14.0 Å². The third kappa shape index (κ3) is 4.37. The van der Waals surface area contributed by atoms with E-state index in [1.54, 1.807) is 6.07 Å². The van der Waals surface area contributed by atoms with Gasteiger partial charge in [0, 0.05) is 42.9 Å². The number of fused-ring (bicyclic) bond motifs is 5. The van der Waals surface area contributed by atoms with Crippen LogP contribution in [0.3, 0.4) is 0 Å². The van der Waals surface area contributed by atoms with Gasteiger partial charge in [-0.3, -0.25) is 14.6 Å². The maximum atomic E-state index is 14.4. The average molecular weight is 491 g/mol. The van der Waals surface area contributed by atoms with Crippen LogP contribution in [0.1, 0.15) is 22.5 Å². The summed E-state index contributed by atoms with van der Waals surface area (Å²) < 4.78 is 24.4. The van der Waals surface area contributed by atoms with Crippen molar-refractivity contribution in [2.75, 3.05) is 33.9 Å². The molecule has 8 nitrogen and oxygen atoms in total. The first kappa shape index (κ1) is 23.7. The van der Waals surface area contributed by atoms with Gasteiger partial charge in [0.1, 0.15) is 0 Å². The zero-order valence-corrected chi connectivity index (χ0v) is 20.2. The summed E-state index contributed by atoms with van der Waals surface area (Å²) in [4.78, 5) is 35.1. The number of aromatic nitrogens is 2. The van der Waals surface area contributed by atoms with E-state index in [-0.39, 0.29) is 18.8 Å². The zero-order chi connectivity index (χ0) is 25.2. The van der Waals surface area contributed by atoms with Gasteiger partial charge in [-0.25, -0.2) is 4.39 Å². The number of para-hydroxylation sites is 1. The molecule has 2 amide bonds. The van der Waals surface area contributed by atoms with Gasteiger partial charge in [0.15, 0.2) is 11.6 Å². The maximum absolute atomic E-state index is 14.4. The first-order valence-corrected chi connectivity index (χ1v) is 11.8. The smallest absolute Gasteiger partial charge is 0.312 e. The highest BCUT2D eigenvalue weighted by atomic mass is 19.1. The van der Waals surface area contributed by atoms with Gasteiger partial charge in [-0.2, -0.15) is 0 Å². The van der Waals surface area contributed by atoms with Gasteiger partial charge in [0.2, 0.25) is 0 Å². The van der Waals surface area contributed by atoms with Crippen LogP contribution in [0.25, 0.3) is 21.8 Å². The van der Waals surface area contributed by atoms with E-state index in [2.05, 4.69) is 16.4 Å². The monoisotopic (exact) mass is 490 g/mol. The number of amides is 2. The van der Waals surface area contributed by atoms with Crippen LogP contribution >= 0.6 is 0 Å². The molecule has 9 heteroatoms. The summed E-state index contributed by atoms with van der Waals surface area (Å²) in [5.74, 6) is -1.49. The Balaban J connectivity index is 1.53. The fourth-order valence-electron chi connectivity index (χ4n) is 4.81. The molecular formula is C27H27FN4O4. The topological polar surface area (TPSA) is 96.6 Å². The summed E-state index contributed by atoms with van der Waals surface area (Å²) in [6.45, 7) is 1.24. The second kappa shape index (κ2) is 9.94. The van der Waals surface area contributed by atoms with Crippen LogP contribution in [0.2, 0.25) is 0 Å². The van der Waals surface area contributed by atoms with Crippen molar-refractivity contribution in [3.05, 3.63) is 70.8 Å². The Bertz CT molecular complexity index is 1470. The van der Waals surface area contributed by atoms with Gasteiger partial charge in [-0.15, -0.1) is 0 Å². The second-order valence-electron chi connectivity index (χ2n) is 8.78. The molecule has 4 aromatic rings. The van der Waals surface area contributed by atoms with Crippen molar-refractivity contribution < 1.29 is 23.5 Å². The minimum atomic E-state index is -0.655. The number of hydrogen-bond acceptors (Lipinski definition) is 5. The number of halogens is 1. The molecule has 0 unspecified atom stereocenters. The molecule has 1 aliphatic rings. The predicted molar refractivity (Wildman–Crippen MR) is 133 cm³/mol. The van der Waals surface area contributed by atoms with E-state index >= 15 is 0 Å². The first-order chi connectivity index (χ1) is 17.5. The number of nitrogens with zero attached hydrogens (tertiary/aromatic N) is 2. The Labute approximate surface area is 207 Å².